The van der Waals surface area contributed by atoms with E-state index >= 15 is 8.78 Å². The second kappa shape index (κ2) is 12.2. The molecular formula is C24H36F4N6O8Si. The molecule has 14 nitrogen and oxygen atoms in total. The third-order valence-electron chi connectivity index (χ3n) is 7.53. The van der Waals surface area contributed by atoms with Gasteiger partial charge < -0.3 is 40.7 Å². The first kappa shape index (κ1) is 34.5. The Labute approximate surface area is 244 Å². The predicted molar refractivity (Wildman–Crippen MR) is 146 cm³/mol. The van der Waals surface area contributed by atoms with E-state index in [4.69, 9.17) is 30.5 Å². The molecule has 7 N–H and O–H groups in total. The highest BCUT2D eigenvalue weighted by Gasteiger charge is 2.63. The van der Waals surface area contributed by atoms with Crippen molar-refractivity contribution in [1.29, 1.82) is 0 Å². The number of rotatable bonds is 6. The van der Waals surface area contributed by atoms with Crippen LogP contribution < -0.4 is 22.8 Å². The molecule has 2 aromatic heterocycles. The van der Waals surface area contributed by atoms with E-state index in [0.29, 0.717) is 9.13 Å². The van der Waals surface area contributed by atoms with Crippen LogP contribution in [0.3, 0.4) is 0 Å². The Bertz CT molecular complexity index is 1400. The van der Waals surface area contributed by atoms with Gasteiger partial charge in [-0.25, -0.2) is 9.59 Å². The summed E-state index contributed by atoms with van der Waals surface area (Å²) >= 11 is 0. The fraction of sp³-hybridized carbons (Fsp3) is 0.667. The zero-order valence-electron chi connectivity index (χ0n) is 24.0. The van der Waals surface area contributed by atoms with E-state index < -0.39 is 81.6 Å². The zero-order valence-corrected chi connectivity index (χ0v) is 25.0. The summed E-state index contributed by atoms with van der Waals surface area (Å²) < 4.78 is 74.6. The normalized spacial score (nSPS) is 28.4. The van der Waals surface area contributed by atoms with Gasteiger partial charge in [-0.3, -0.25) is 9.13 Å². The number of nitrogens with two attached hydrogens (primary N) is 2. The van der Waals surface area contributed by atoms with Gasteiger partial charge in [0.05, 0.1) is 13.2 Å². The molecule has 2 aliphatic heterocycles. The summed E-state index contributed by atoms with van der Waals surface area (Å²) in [5.74, 6) is -7.42. The van der Waals surface area contributed by atoms with Crippen LogP contribution in [-0.2, 0) is 13.9 Å². The van der Waals surface area contributed by atoms with Crippen LogP contribution >= 0.6 is 0 Å². The summed E-state index contributed by atoms with van der Waals surface area (Å²) in [5.41, 5.74) is 8.65. The average Bonchev–Trinajstić information content (AvgIpc) is 3.26. The summed E-state index contributed by atoms with van der Waals surface area (Å²) in [6.07, 6.45) is -8.41. The zero-order chi connectivity index (χ0) is 32.7. The number of aromatic nitrogens is 4. The number of aliphatic hydroxyl groups excluding tert-OH is 3. The van der Waals surface area contributed by atoms with E-state index in [0.717, 1.165) is 18.5 Å². The molecule has 4 rings (SSSR count). The summed E-state index contributed by atoms with van der Waals surface area (Å²) in [6.45, 7) is 8.00. The van der Waals surface area contributed by atoms with Crippen LogP contribution in [0.2, 0.25) is 18.1 Å². The first-order chi connectivity index (χ1) is 19.7. The van der Waals surface area contributed by atoms with Gasteiger partial charge in [0, 0.05) is 12.4 Å². The van der Waals surface area contributed by atoms with Crippen molar-refractivity contribution in [2.24, 2.45) is 0 Å². The Balaban J connectivity index is 0.000000248. The third-order valence-corrected chi connectivity index (χ3v) is 12.0. The molecule has 43 heavy (non-hydrogen) atoms. The monoisotopic (exact) mass is 640 g/mol. The summed E-state index contributed by atoms with van der Waals surface area (Å²) in [7, 11) is -2.56. The van der Waals surface area contributed by atoms with Crippen LogP contribution in [0.4, 0.5) is 29.2 Å². The number of hydrogen-bond acceptors (Lipinski definition) is 12. The Morgan fingerprint density at radius 1 is 0.907 bits per heavy atom. The standard InChI is InChI=1S/C15H25F2N3O4Si.C9H11F2N3O4/c1-14(2,3)25(4,5)24-11-9(8-21)23-12(15(11,16)17)20-7-6-10(18)19-13(20)22;10-9(11)6(16)4(3-15)18-7(9)14-2-1-5(12)13-8(14)17/h6-7,9,11-12,21H,8H2,1-5H3,(H2,18,19,22);1-2,4,6-7,15-16H,3H2,(H2,12,13,17)/t9-,11-,12-;4-,6-,7-/m11/s1. The number of halogens is 4. The van der Waals surface area contributed by atoms with Crippen molar-refractivity contribution in [3.05, 3.63) is 45.5 Å². The maximum absolute atomic E-state index is 15.0. The number of anilines is 2. The molecule has 4 heterocycles. The smallest absolute Gasteiger partial charge is 0.351 e. The lowest BCUT2D eigenvalue weighted by Crippen LogP contribution is -2.52. The molecule has 19 heteroatoms. The molecule has 2 aliphatic rings. The van der Waals surface area contributed by atoms with E-state index in [2.05, 4.69) is 9.97 Å². The number of nitrogen functional groups attached to an aromatic ring is 2. The Morgan fingerprint density at radius 2 is 1.33 bits per heavy atom. The SMILES string of the molecule is CC(C)(C)[Si](C)(C)O[C@@H]1[C@@H](CO)O[C@@H](n2ccc(N)nc2=O)C1(F)F.Nc1ccn([C@@H]2O[C@H](CO)[C@@H](O)C2(F)F)c(=O)n1. The molecule has 6 atom stereocenters. The molecule has 0 amide bonds. The van der Waals surface area contributed by atoms with Crippen LogP contribution in [-0.4, -0.2) is 92.2 Å². The minimum absolute atomic E-state index is 0.0738. The molecule has 0 bridgehead atoms. The van der Waals surface area contributed by atoms with E-state index in [1.165, 1.54) is 6.07 Å². The number of aliphatic hydroxyl groups is 3. The fourth-order valence-electron chi connectivity index (χ4n) is 4.08. The Hall–Kier alpha value is -2.94. The van der Waals surface area contributed by atoms with Crippen LogP contribution in [0.1, 0.15) is 33.2 Å². The van der Waals surface area contributed by atoms with Gasteiger partial charge in [0.25, 0.3) is 0 Å². The quantitative estimate of drug-likeness (QED) is 0.215. The van der Waals surface area contributed by atoms with E-state index in [-0.39, 0.29) is 16.7 Å². The fourth-order valence-corrected chi connectivity index (χ4v) is 5.38. The van der Waals surface area contributed by atoms with E-state index in [1.54, 1.807) is 0 Å². The van der Waals surface area contributed by atoms with Crippen LogP contribution in [0.25, 0.3) is 0 Å². The van der Waals surface area contributed by atoms with Gasteiger partial charge in [0.2, 0.25) is 12.5 Å². The number of hydrogen-bond donors (Lipinski definition) is 5. The molecule has 0 saturated carbocycles. The van der Waals surface area contributed by atoms with Gasteiger partial charge in [0.1, 0.15) is 29.9 Å². The van der Waals surface area contributed by atoms with Gasteiger partial charge in [0.15, 0.2) is 14.4 Å². The number of nitrogens with zero attached hydrogens (tertiary/aromatic N) is 4. The highest BCUT2D eigenvalue weighted by Crippen LogP contribution is 2.47. The molecule has 0 radical (unpaired) electrons. The Morgan fingerprint density at radius 3 is 1.70 bits per heavy atom. The minimum Gasteiger partial charge on any atom is -0.405 e. The van der Waals surface area contributed by atoms with Crippen LogP contribution in [0.15, 0.2) is 34.1 Å². The molecule has 2 saturated heterocycles. The largest absolute Gasteiger partial charge is 0.405 e. The third kappa shape index (κ3) is 6.76. The number of alkyl halides is 4. The van der Waals surface area contributed by atoms with Crippen LogP contribution in [0.5, 0.6) is 0 Å². The highest BCUT2D eigenvalue weighted by atomic mass is 28.4. The lowest BCUT2D eigenvalue weighted by molar-refractivity contribution is -0.140. The average molecular weight is 641 g/mol. The summed E-state index contributed by atoms with van der Waals surface area (Å²) in [6, 6.07) is 2.39. The predicted octanol–water partition coefficient (Wildman–Crippen LogP) is 0.452. The van der Waals surface area contributed by atoms with Gasteiger partial charge in [-0.1, -0.05) is 20.8 Å². The minimum atomic E-state index is -3.71. The molecule has 2 fully saturated rings. The van der Waals surface area contributed by atoms with Crippen molar-refractivity contribution in [3.63, 3.8) is 0 Å². The molecule has 0 spiro atoms. The second-order valence-corrected chi connectivity index (χ2v) is 16.4. The summed E-state index contributed by atoms with van der Waals surface area (Å²) in [5, 5.41) is 27.3. The maximum atomic E-state index is 15.0. The van der Waals surface area contributed by atoms with Crippen molar-refractivity contribution in [1.82, 2.24) is 19.1 Å². The first-order valence-electron chi connectivity index (χ1n) is 13.0. The topological polar surface area (TPSA) is 210 Å². The summed E-state index contributed by atoms with van der Waals surface area (Å²) in [4.78, 5) is 30.1. The number of ether oxygens (including phenoxy) is 2. The van der Waals surface area contributed by atoms with Crippen molar-refractivity contribution >= 4 is 20.0 Å². The Kier molecular flexibility index (Phi) is 9.81. The molecule has 0 unspecified atom stereocenters. The molecule has 0 aliphatic carbocycles. The lowest BCUT2D eigenvalue weighted by atomic mass is 10.1. The van der Waals surface area contributed by atoms with E-state index in [9.17, 15) is 28.6 Å². The van der Waals surface area contributed by atoms with Gasteiger partial charge in [-0.05, 0) is 30.3 Å². The maximum Gasteiger partial charge on any atom is 0.351 e. The lowest BCUT2D eigenvalue weighted by Gasteiger charge is -2.40. The van der Waals surface area contributed by atoms with Crippen molar-refractivity contribution < 1.29 is 46.8 Å². The van der Waals surface area contributed by atoms with Crippen LogP contribution in [0, 0.1) is 0 Å². The first-order valence-corrected chi connectivity index (χ1v) is 15.9. The molecule has 242 valence electrons. The highest BCUT2D eigenvalue weighted by molar-refractivity contribution is 6.74. The van der Waals surface area contributed by atoms with Crippen molar-refractivity contribution in [3.8, 4) is 0 Å². The molecule has 2 aromatic rings. The van der Waals surface area contributed by atoms with Crippen molar-refractivity contribution in [2.45, 2.75) is 87.6 Å². The second-order valence-electron chi connectivity index (χ2n) is 11.6. The van der Waals surface area contributed by atoms with Gasteiger partial charge >= 0.3 is 23.2 Å². The van der Waals surface area contributed by atoms with Crippen molar-refractivity contribution in [2.75, 3.05) is 24.7 Å². The molecule has 0 aromatic carbocycles. The van der Waals surface area contributed by atoms with Gasteiger partial charge in [-0.2, -0.15) is 27.5 Å². The van der Waals surface area contributed by atoms with Gasteiger partial charge in [-0.15, -0.1) is 0 Å². The molecular weight excluding hydrogens is 604 g/mol. The van der Waals surface area contributed by atoms with E-state index in [1.807, 2.05) is 33.9 Å².